The van der Waals surface area contributed by atoms with Crippen LogP contribution in [0.1, 0.15) is 43.3 Å². The maximum atomic E-state index is 14.7. The van der Waals surface area contributed by atoms with Gasteiger partial charge in [0.2, 0.25) is 9.84 Å². The average Bonchev–Trinajstić information content (AvgIpc) is 3.22. The Kier molecular flexibility index (Phi) is 7.50. The molecule has 0 fully saturated rings. The third-order valence-corrected chi connectivity index (χ3v) is 7.69. The number of nitrogens with one attached hydrogen (secondary N) is 1. The zero-order valence-electron chi connectivity index (χ0n) is 19.3. The summed E-state index contributed by atoms with van der Waals surface area (Å²) >= 11 is 1.33. The largest absolute Gasteiger partial charge is 0.379 e. The number of sulfone groups is 1. The molecular weight excluding hydrogens is 466 g/mol. The fraction of sp³-hybridized carbons (Fsp3) is 0.391. The van der Waals surface area contributed by atoms with E-state index in [9.17, 15) is 17.2 Å². The van der Waals surface area contributed by atoms with Crippen LogP contribution in [0.25, 0.3) is 0 Å². The Hall–Kier alpha value is -2.43. The number of rotatable bonds is 8. The number of halogens is 2. The molecule has 0 spiro atoms. The molecule has 2 aromatic heterocycles. The van der Waals surface area contributed by atoms with Crippen molar-refractivity contribution in [2.75, 3.05) is 12.4 Å². The topological polar surface area (TPSA) is 75.2 Å². The van der Waals surface area contributed by atoms with E-state index in [1.165, 1.54) is 17.4 Å². The molecule has 10 heteroatoms. The lowest BCUT2D eigenvalue weighted by atomic mass is 10.0. The van der Waals surface area contributed by atoms with Crippen molar-refractivity contribution in [1.82, 2.24) is 14.9 Å². The second-order valence-electron chi connectivity index (χ2n) is 8.89. The smallest absolute Gasteiger partial charge is 0.201 e. The summed E-state index contributed by atoms with van der Waals surface area (Å²) in [5.74, 6) is -1.20. The van der Waals surface area contributed by atoms with E-state index in [0.29, 0.717) is 17.1 Å². The molecule has 0 aliphatic rings. The number of pyridine rings is 1. The van der Waals surface area contributed by atoms with Gasteiger partial charge < -0.3 is 5.32 Å². The van der Waals surface area contributed by atoms with Crippen molar-refractivity contribution in [2.45, 2.75) is 57.1 Å². The number of hydrogen-bond donors (Lipinski definition) is 1. The number of benzene rings is 1. The molecule has 0 unspecified atom stereocenters. The number of thiazole rings is 1. The van der Waals surface area contributed by atoms with Gasteiger partial charge >= 0.3 is 0 Å². The normalized spacial score (nSPS) is 12.4. The minimum absolute atomic E-state index is 0.0321. The molecule has 3 aromatic rings. The monoisotopic (exact) mass is 494 g/mol. The van der Waals surface area contributed by atoms with Crippen LogP contribution >= 0.6 is 11.3 Å². The molecule has 0 bridgehead atoms. The Morgan fingerprint density at radius 2 is 1.76 bits per heavy atom. The van der Waals surface area contributed by atoms with Gasteiger partial charge in [0.25, 0.3) is 0 Å². The van der Waals surface area contributed by atoms with E-state index in [1.807, 2.05) is 32.7 Å². The predicted molar refractivity (Wildman–Crippen MR) is 127 cm³/mol. The highest BCUT2D eigenvalue weighted by Gasteiger charge is 2.23. The van der Waals surface area contributed by atoms with Crippen molar-refractivity contribution in [2.24, 2.45) is 0 Å². The second kappa shape index (κ2) is 9.82. The summed E-state index contributed by atoms with van der Waals surface area (Å²) in [6, 6.07) is 5.26. The van der Waals surface area contributed by atoms with Crippen LogP contribution in [0.4, 0.5) is 14.5 Å². The van der Waals surface area contributed by atoms with Gasteiger partial charge in [0.1, 0.15) is 11.6 Å². The van der Waals surface area contributed by atoms with Crippen molar-refractivity contribution < 1.29 is 17.2 Å². The maximum Gasteiger partial charge on any atom is 0.201 e. The first-order valence-electron chi connectivity index (χ1n) is 10.4. The number of aryl methyl sites for hydroxylation is 1. The highest BCUT2D eigenvalue weighted by atomic mass is 32.2. The number of anilines is 1. The number of hydrogen-bond acceptors (Lipinski definition) is 7. The van der Waals surface area contributed by atoms with Crippen molar-refractivity contribution in [1.29, 1.82) is 0 Å². The van der Waals surface area contributed by atoms with Gasteiger partial charge in [-0.3, -0.25) is 4.90 Å². The maximum absolute atomic E-state index is 14.7. The lowest BCUT2D eigenvalue weighted by Crippen LogP contribution is -2.38. The van der Waals surface area contributed by atoms with Gasteiger partial charge in [-0.2, -0.15) is 0 Å². The van der Waals surface area contributed by atoms with Crippen molar-refractivity contribution in [3.8, 4) is 0 Å². The molecule has 1 N–H and O–H groups in total. The second-order valence-corrected chi connectivity index (χ2v) is 11.5. The van der Waals surface area contributed by atoms with E-state index in [4.69, 9.17) is 0 Å². The predicted octanol–water partition coefficient (Wildman–Crippen LogP) is 4.94. The highest BCUT2D eigenvalue weighted by Crippen LogP contribution is 2.25. The summed E-state index contributed by atoms with van der Waals surface area (Å²) < 4.78 is 54.6. The Bertz CT molecular complexity index is 1220. The van der Waals surface area contributed by atoms with E-state index >= 15 is 0 Å². The van der Waals surface area contributed by atoms with Crippen LogP contribution in [-0.4, -0.2) is 35.9 Å². The highest BCUT2D eigenvalue weighted by molar-refractivity contribution is 7.90. The molecule has 0 aliphatic heterocycles. The molecule has 178 valence electrons. The lowest BCUT2D eigenvalue weighted by Gasteiger charge is -2.32. The first kappa shape index (κ1) is 25.2. The molecule has 0 saturated carbocycles. The van der Waals surface area contributed by atoms with Crippen molar-refractivity contribution in [3.05, 3.63) is 69.3 Å². The van der Waals surface area contributed by atoms with Gasteiger partial charge in [-0.15, -0.1) is 11.3 Å². The Morgan fingerprint density at radius 1 is 1.09 bits per heavy atom. The minimum Gasteiger partial charge on any atom is -0.379 e. The van der Waals surface area contributed by atoms with Gasteiger partial charge in [0.15, 0.2) is 5.03 Å². The van der Waals surface area contributed by atoms with Crippen LogP contribution in [0.2, 0.25) is 0 Å². The summed E-state index contributed by atoms with van der Waals surface area (Å²) in [6.07, 6.45) is 0. The van der Waals surface area contributed by atoms with E-state index in [2.05, 4.69) is 15.3 Å². The van der Waals surface area contributed by atoms with Crippen LogP contribution in [0.5, 0.6) is 0 Å². The lowest BCUT2D eigenvalue weighted by molar-refractivity contribution is 0.165. The van der Waals surface area contributed by atoms with Crippen LogP contribution in [0.3, 0.4) is 0 Å². The van der Waals surface area contributed by atoms with Gasteiger partial charge in [-0.25, -0.2) is 27.2 Å². The number of aromatic nitrogens is 2. The quantitative estimate of drug-likeness (QED) is 0.478. The van der Waals surface area contributed by atoms with Gasteiger partial charge in [0, 0.05) is 35.1 Å². The summed E-state index contributed by atoms with van der Waals surface area (Å²) in [5, 5.41) is 4.71. The average molecular weight is 495 g/mol. The van der Waals surface area contributed by atoms with Crippen LogP contribution < -0.4 is 5.32 Å². The molecule has 1 aromatic carbocycles. The minimum atomic E-state index is -3.65. The fourth-order valence-electron chi connectivity index (χ4n) is 3.13. The van der Waals surface area contributed by atoms with Gasteiger partial charge in [-0.05, 0) is 59.0 Å². The summed E-state index contributed by atoms with van der Waals surface area (Å²) in [5.41, 5.74) is 3.33. The van der Waals surface area contributed by atoms with E-state index < -0.39 is 21.5 Å². The SMILES string of the molecule is Cc1nc(S(=O)(=O)Cc2cscn2)ccc1NCc1c(F)ccc(F)c1CN(C)C(C)(C)C. The van der Waals surface area contributed by atoms with Gasteiger partial charge in [-0.1, -0.05) is 0 Å². The molecular formula is C23H28F2N4O2S2. The molecule has 0 atom stereocenters. The van der Waals surface area contributed by atoms with E-state index in [0.717, 1.165) is 12.1 Å². The first-order chi connectivity index (χ1) is 15.4. The Morgan fingerprint density at radius 3 is 2.33 bits per heavy atom. The van der Waals surface area contributed by atoms with Crippen LogP contribution in [0, 0.1) is 18.6 Å². The molecule has 0 saturated heterocycles. The first-order valence-corrected chi connectivity index (χ1v) is 13.0. The van der Waals surface area contributed by atoms with Crippen LogP contribution in [0.15, 0.2) is 40.2 Å². The molecule has 0 aliphatic carbocycles. The molecule has 0 radical (unpaired) electrons. The zero-order valence-corrected chi connectivity index (χ0v) is 20.9. The van der Waals surface area contributed by atoms with Crippen LogP contribution in [-0.2, 0) is 28.7 Å². The molecule has 0 amide bonds. The standard InChI is InChI=1S/C23H28F2N4O2S2/c1-15-21(8-9-22(28-15)33(30,31)13-16-12-32-14-27-16)26-10-17-18(11-29(5)23(2,3)4)20(25)7-6-19(17)24/h6-9,12,14,26H,10-11,13H2,1-5H3. The molecule has 6 nitrogen and oxygen atoms in total. The van der Waals surface area contributed by atoms with Crippen molar-refractivity contribution >= 4 is 26.9 Å². The van der Waals surface area contributed by atoms with Gasteiger partial charge in [0.05, 0.1) is 28.3 Å². The number of nitrogens with zero attached hydrogens (tertiary/aromatic N) is 3. The zero-order chi connectivity index (χ0) is 24.4. The Balaban J connectivity index is 1.81. The summed E-state index contributed by atoms with van der Waals surface area (Å²) in [7, 11) is -1.78. The fourth-order valence-corrected chi connectivity index (χ4v) is 5.04. The Labute approximate surface area is 197 Å². The third kappa shape index (κ3) is 6.13. The van der Waals surface area contributed by atoms with Crippen molar-refractivity contribution in [3.63, 3.8) is 0 Å². The van der Waals surface area contributed by atoms with E-state index in [-0.39, 0.29) is 40.5 Å². The third-order valence-electron chi connectivity index (χ3n) is 5.51. The molecule has 2 heterocycles. The summed E-state index contributed by atoms with van der Waals surface area (Å²) in [4.78, 5) is 10.2. The van der Waals surface area contributed by atoms with E-state index in [1.54, 1.807) is 23.9 Å². The summed E-state index contributed by atoms with van der Waals surface area (Å²) in [6.45, 7) is 7.95. The molecule has 3 rings (SSSR count). The molecule has 33 heavy (non-hydrogen) atoms.